The van der Waals surface area contributed by atoms with E-state index in [1.54, 1.807) is 24.3 Å². The highest BCUT2D eigenvalue weighted by Gasteiger charge is 2.32. The van der Waals surface area contributed by atoms with Crippen LogP contribution in [-0.2, 0) is 14.3 Å². The maximum absolute atomic E-state index is 12.1. The minimum absolute atomic E-state index is 0.0687. The van der Waals surface area contributed by atoms with Crippen LogP contribution in [0.1, 0.15) is 6.92 Å². The molecule has 92 valence electrons. The van der Waals surface area contributed by atoms with Gasteiger partial charge in [-0.05, 0) is 6.92 Å². The van der Waals surface area contributed by atoms with Crippen LogP contribution in [0.4, 0.5) is 0 Å². The zero-order valence-corrected chi connectivity index (χ0v) is 10.9. The number of ether oxygens (including phenoxy) is 1. The zero-order chi connectivity index (χ0) is 12.4. The van der Waals surface area contributed by atoms with Crippen LogP contribution in [0, 0.1) is 0 Å². The monoisotopic (exact) mass is 301 g/mol. The summed E-state index contributed by atoms with van der Waals surface area (Å²) in [5, 5.41) is 1.63. The molecule has 0 fully saturated rings. The maximum atomic E-state index is 12.1. The van der Waals surface area contributed by atoms with Crippen molar-refractivity contribution in [3.63, 3.8) is 0 Å². The van der Waals surface area contributed by atoms with Crippen molar-refractivity contribution >= 4 is 27.8 Å². The maximum Gasteiger partial charge on any atom is 0.326 e. The summed E-state index contributed by atoms with van der Waals surface area (Å²) in [5.41, 5.74) is 3.51. The van der Waals surface area contributed by atoms with E-state index in [1.807, 2.05) is 0 Å². The van der Waals surface area contributed by atoms with E-state index in [4.69, 9.17) is 4.74 Å². The molecule has 0 unspecified atom stereocenters. The predicted octanol–water partition coefficient (Wildman–Crippen LogP) is 0.290. The Hall–Kier alpha value is -1.34. The Balaban J connectivity index is 2.11. The summed E-state index contributed by atoms with van der Waals surface area (Å²) in [6, 6.07) is 0. The lowest BCUT2D eigenvalue weighted by Gasteiger charge is -2.27. The fourth-order valence-corrected chi connectivity index (χ4v) is 2.10. The summed E-state index contributed by atoms with van der Waals surface area (Å²) in [7, 11) is 0. The van der Waals surface area contributed by atoms with Crippen LogP contribution in [0.2, 0.25) is 0 Å². The first-order chi connectivity index (χ1) is 8.13. The van der Waals surface area contributed by atoms with Gasteiger partial charge in [-0.3, -0.25) is 14.6 Å². The summed E-state index contributed by atoms with van der Waals surface area (Å²) >= 11 is 3.32. The Morgan fingerprint density at radius 1 is 1.59 bits per heavy atom. The van der Waals surface area contributed by atoms with Crippen LogP contribution >= 0.6 is 15.9 Å². The summed E-state index contributed by atoms with van der Waals surface area (Å²) in [4.78, 5) is 24.7. The van der Waals surface area contributed by atoms with Crippen LogP contribution in [0.5, 0.6) is 0 Å². The Kier molecular flexibility index (Phi) is 3.49. The third-order valence-corrected chi connectivity index (χ3v) is 3.02. The number of hydrazine groups is 1. The summed E-state index contributed by atoms with van der Waals surface area (Å²) in [5.74, 6) is -0.640. The molecule has 1 amide bonds. The van der Waals surface area contributed by atoms with E-state index in [1.165, 1.54) is 4.90 Å². The number of halogens is 1. The van der Waals surface area contributed by atoms with Gasteiger partial charge >= 0.3 is 5.97 Å². The van der Waals surface area contributed by atoms with Crippen LogP contribution < -0.4 is 5.43 Å². The Morgan fingerprint density at radius 2 is 2.35 bits per heavy atom. The van der Waals surface area contributed by atoms with Crippen LogP contribution in [0.25, 0.3) is 0 Å². The summed E-state index contributed by atoms with van der Waals surface area (Å²) in [6.07, 6.45) is 3.26. The van der Waals surface area contributed by atoms with Crippen LogP contribution in [0.3, 0.4) is 0 Å². The van der Waals surface area contributed by atoms with E-state index < -0.39 is 5.97 Å². The molecule has 2 rings (SSSR count). The topological polar surface area (TPSA) is 61.9 Å². The van der Waals surface area contributed by atoms with Gasteiger partial charge in [0.05, 0.1) is 6.61 Å². The first kappa shape index (κ1) is 12.1. The second kappa shape index (κ2) is 4.89. The van der Waals surface area contributed by atoms with Gasteiger partial charge in [0.15, 0.2) is 0 Å². The van der Waals surface area contributed by atoms with E-state index in [0.29, 0.717) is 18.8 Å². The Labute approximate surface area is 107 Å². The largest absolute Gasteiger partial charge is 0.465 e. The molecule has 0 radical (unpaired) electrons. The minimum atomic E-state index is -0.415. The molecule has 17 heavy (non-hydrogen) atoms. The van der Waals surface area contributed by atoms with Gasteiger partial charge in [0.1, 0.15) is 12.2 Å². The van der Waals surface area contributed by atoms with Crippen molar-refractivity contribution in [3.05, 3.63) is 22.6 Å². The highest BCUT2D eigenvalue weighted by molar-refractivity contribution is 9.11. The van der Waals surface area contributed by atoms with Crippen molar-refractivity contribution in [3.8, 4) is 0 Å². The molecule has 2 aliphatic rings. The van der Waals surface area contributed by atoms with E-state index in [2.05, 4.69) is 21.4 Å². The predicted molar refractivity (Wildman–Crippen MR) is 63.3 cm³/mol. The average Bonchev–Trinajstić information content (AvgIpc) is 2.65. The lowest BCUT2D eigenvalue weighted by Crippen LogP contribution is -2.42. The molecule has 2 heterocycles. The second-order valence-electron chi connectivity index (χ2n) is 3.49. The number of fused-ring (bicyclic) bond motifs is 1. The number of carbonyl (C=O) groups excluding carboxylic acids is 2. The standard InChI is InChI=1S/C10H12BrN3O3/c1-2-17-8(15)6-13-3-4-14-9(10(13)16)7(11)5-12-14/h3-4,12H,2,5-6H2,1H3. The Bertz CT molecular complexity index is 419. The first-order valence-corrected chi connectivity index (χ1v) is 5.99. The number of nitrogens with one attached hydrogen (secondary N) is 1. The van der Waals surface area contributed by atoms with E-state index in [9.17, 15) is 9.59 Å². The molecule has 0 saturated heterocycles. The molecule has 6 nitrogen and oxygen atoms in total. The highest BCUT2D eigenvalue weighted by atomic mass is 79.9. The zero-order valence-electron chi connectivity index (χ0n) is 9.27. The summed E-state index contributed by atoms with van der Waals surface area (Å²) in [6.45, 7) is 2.54. The van der Waals surface area contributed by atoms with Gasteiger partial charge in [0, 0.05) is 23.4 Å². The van der Waals surface area contributed by atoms with Crippen molar-refractivity contribution in [2.45, 2.75) is 6.92 Å². The van der Waals surface area contributed by atoms with Crippen LogP contribution in [-0.4, -0.2) is 41.5 Å². The highest BCUT2D eigenvalue weighted by Crippen LogP contribution is 2.25. The van der Waals surface area contributed by atoms with Crippen molar-refractivity contribution in [1.82, 2.24) is 15.3 Å². The number of amides is 1. The molecule has 0 aromatic carbocycles. The summed E-state index contributed by atoms with van der Waals surface area (Å²) < 4.78 is 5.59. The molecule has 0 aliphatic carbocycles. The van der Waals surface area contributed by atoms with Gasteiger partial charge in [-0.25, -0.2) is 5.43 Å². The smallest absolute Gasteiger partial charge is 0.326 e. The van der Waals surface area contributed by atoms with Crippen molar-refractivity contribution in [2.75, 3.05) is 19.7 Å². The molecule has 0 aromatic heterocycles. The number of carbonyl (C=O) groups is 2. The molecule has 2 aliphatic heterocycles. The molecule has 0 spiro atoms. The fourth-order valence-electron chi connectivity index (χ4n) is 1.62. The average molecular weight is 302 g/mol. The number of rotatable bonds is 3. The molecule has 1 N–H and O–H groups in total. The number of esters is 1. The van der Waals surface area contributed by atoms with Crippen molar-refractivity contribution in [2.24, 2.45) is 0 Å². The number of nitrogens with zero attached hydrogens (tertiary/aromatic N) is 2. The Morgan fingerprint density at radius 3 is 3.06 bits per heavy atom. The molecule has 0 atom stereocenters. The van der Waals surface area contributed by atoms with Gasteiger partial charge in [-0.15, -0.1) is 0 Å². The van der Waals surface area contributed by atoms with Crippen molar-refractivity contribution < 1.29 is 14.3 Å². The van der Waals surface area contributed by atoms with E-state index in [-0.39, 0.29) is 12.5 Å². The lowest BCUT2D eigenvalue weighted by atomic mass is 10.3. The third kappa shape index (κ3) is 2.34. The second-order valence-corrected chi connectivity index (χ2v) is 4.45. The SMILES string of the molecule is CCOC(=O)CN1C=CN2NCC(Br)=C2C1=O. The third-order valence-electron chi connectivity index (χ3n) is 2.37. The first-order valence-electron chi connectivity index (χ1n) is 5.19. The van der Waals surface area contributed by atoms with E-state index in [0.717, 1.165) is 4.48 Å². The minimum Gasteiger partial charge on any atom is -0.465 e. The lowest BCUT2D eigenvalue weighted by molar-refractivity contribution is -0.147. The molecule has 0 bridgehead atoms. The number of hydrogen-bond acceptors (Lipinski definition) is 5. The molecule has 7 heteroatoms. The van der Waals surface area contributed by atoms with E-state index >= 15 is 0 Å². The van der Waals surface area contributed by atoms with Gasteiger partial charge in [-0.2, -0.15) is 0 Å². The fraction of sp³-hybridized carbons (Fsp3) is 0.400. The molecule has 0 aromatic rings. The van der Waals surface area contributed by atoms with Crippen LogP contribution in [0.15, 0.2) is 22.6 Å². The molecule has 0 saturated carbocycles. The number of hydrogen-bond donors (Lipinski definition) is 1. The van der Waals surface area contributed by atoms with Gasteiger partial charge < -0.3 is 9.64 Å². The molecular formula is C10H12BrN3O3. The van der Waals surface area contributed by atoms with Gasteiger partial charge in [0.2, 0.25) is 0 Å². The normalized spacial score (nSPS) is 18.8. The van der Waals surface area contributed by atoms with Gasteiger partial charge in [0.25, 0.3) is 5.91 Å². The van der Waals surface area contributed by atoms with Crippen molar-refractivity contribution in [1.29, 1.82) is 0 Å². The quantitative estimate of drug-likeness (QED) is 0.759. The van der Waals surface area contributed by atoms with Gasteiger partial charge in [-0.1, -0.05) is 15.9 Å². The molecular weight excluding hydrogens is 290 g/mol.